The van der Waals surface area contributed by atoms with Crippen molar-refractivity contribution in [3.05, 3.63) is 65.8 Å². The second kappa shape index (κ2) is 6.57. The van der Waals surface area contributed by atoms with Gasteiger partial charge in [0.1, 0.15) is 0 Å². The Morgan fingerprint density at radius 2 is 1.75 bits per heavy atom. The van der Waals surface area contributed by atoms with Crippen LogP contribution in [0.15, 0.2) is 60.2 Å². The van der Waals surface area contributed by atoms with Crippen LogP contribution < -0.4 is 0 Å². The Balaban J connectivity index is 2.61. The van der Waals surface area contributed by atoms with Crippen molar-refractivity contribution in [3.8, 4) is 0 Å². The lowest BCUT2D eigenvalue weighted by Gasteiger charge is -1.91. The summed E-state index contributed by atoms with van der Waals surface area (Å²) >= 11 is 0. The standard InChI is InChI=1S/C15H16O/c1-13(7-6-8-14(2)16)11-12-15-9-4-3-5-10-15/h3-12H,1-2H3/b8-6+,12-11+,13-7+. The maximum Gasteiger partial charge on any atom is 0.152 e. The number of hydrogen-bond donors (Lipinski definition) is 0. The van der Waals surface area contributed by atoms with Crippen LogP contribution in [0.3, 0.4) is 0 Å². The fourth-order valence-corrected chi connectivity index (χ4v) is 1.18. The highest BCUT2D eigenvalue weighted by Crippen LogP contribution is 2.04. The van der Waals surface area contributed by atoms with Gasteiger partial charge in [-0.25, -0.2) is 0 Å². The molecule has 0 aromatic heterocycles. The highest BCUT2D eigenvalue weighted by molar-refractivity contribution is 5.87. The summed E-state index contributed by atoms with van der Waals surface area (Å²) in [5.74, 6) is 0.0658. The Morgan fingerprint density at radius 3 is 2.38 bits per heavy atom. The number of ketones is 1. The van der Waals surface area contributed by atoms with E-state index in [0.29, 0.717) is 0 Å². The number of allylic oxidation sites excluding steroid dienone is 5. The fraction of sp³-hybridized carbons (Fsp3) is 0.133. The summed E-state index contributed by atoms with van der Waals surface area (Å²) in [7, 11) is 0. The third-order valence-corrected chi connectivity index (χ3v) is 2.03. The van der Waals surface area contributed by atoms with Crippen LogP contribution in [-0.4, -0.2) is 5.78 Å². The maximum absolute atomic E-state index is 10.7. The van der Waals surface area contributed by atoms with Gasteiger partial charge in [-0.1, -0.05) is 60.2 Å². The zero-order chi connectivity index (χ0) is 11.8. The van der Waals surface area contributed by atoms with E-state index >= 15 is 0 Å². The van der Waals surface area contributed by atoms with Crippen molar-refractivity contribution in [2.24, 2.45) is 0 Å². The fourth-order valence-electron chi connectivity index (χ4n) is 1.18. The van der Waals surface area contributed by atoms with Gasteiger partial charge in [0.25, 0.3) is 0 Å². The van der Waals surface area contributed by atoms with Crippen LogP contribution in [0, 0.1) is 0 Å². The molecule has 1 aromatic rings. The van der Waals surface area contributed by atoms with E-state index < -0.39 is 0 Å². The minimum atomic E-state index is 0.0658. The van der Waals surface area contributed by atoms with Crippen LogP contribution in [0.5, 0.6) is 0 Å². The molecule has 0 unspecified atom stereocenters. The summed E-state index contributed by atoms with van der Waals surface area (Å²) in [6.07, 6.45) is 9.32. The second-order valence-corrected chi connectivity index (χ2v) is 3.62. The van der Waals surface area contributed by atoms with E-state index in [4.69, 9.17) is 0 Å². The molecule has 1 heteroatoms. The first-order valence-electron chi connectivity index (χ1n) is 5.27. The summed E-state index contributed by atoms with van der Waals surface area (Å²) in [4.78, 5) is 10.7. The molecule has 16 heavy (non-hydrogen) atoms. The largest absolute Gasteiger partial charge is 0.295 e. The van der Waals surface area contributed by atoms with Gasteiger partial charge >= 0.3 is 0 Å². The van der Waals surface area contributed by atoms with Crippen molar-refractivity contribution >= 4 is 11.9 Å². The Morgan fingerprint density at radius 1 is 1.06 bits per heavy atom. The second-order valence-electron chi connectivity index (χ2n) is 3.62. The summed E-state index contributed by atoms with van der Waals surface area (Å²) in [5.41, 5.74) is 2.28. The normalized spacial score (nSPS) is 12.5. The molecule has 1 aromatic carbocycles. The van der Waals surface area contributed by atoms with Gasteiger partial charge in [-0.2, -0.15) is 0 Å². The molecule has 0 aliphatic carbocycles. The van der Waals surface area contributed by atoms with Gasteiger partial charge in [-0.3, -0.25) is 4.79 Å². The average molecular weight is 212 g/mol. The Bertz CT molecular complexity index is 422. The zero-order valence-electron chi connectivity index (χ0n) is 9.68. The van der Waals surface area contributed by atoms with Crippen molar-refractivity contribution in [2.75, 3.05) is 0 Å². The van der Waals surface area contributed by atoms with Crippen LogP contribution in [0.2, 0.25) is 0 Å². The number of carbonyl (C=O) groups excluding carboxylic acids is 1. The van der Waals surface area contributed by atoms with Crippen molar-refractivity contribution in [1.29, 1.82) is 0 Å². The molecule has 1 rings (SSSR count). The smallest absolute Gasteiger partial charge is 0.152 e. The van der Waals surface area contributed by atoms with Gasteiger partial charge in [-0.05, 0) is 25.5 Å². The molecule has 1 nitrogen and oxygen atoms in total. The molecule has 0 amide bonds. The third-order valence-electron chi connectivity index (χ3n) is 2.03. The highest BCUT2D eigenvalue weighted by atomic mass is 16.1. The van der Waals surface area contributed by atoms with Crippen molar-refractivity contribution in [1.82, 2.24) is 0 Å². The predicted octanol–water partition coefficient (Wildman–Crippen LogP) is 3.79. The molecular formula is C15H16O. The van der Waals surface area contributed by atoms with Crippen LogP contribution in [0.25, 0.3) is 6.08 Å². The molecule has 0 bridgehead atoms. The molecule has 0 fully saturated rings. The minimum absolute atomic E-state index is 0.0658. The summed E-state index contributed by atoms with van der Waals surface area (Å²) in [6.45, 7) is 3.55. The van der Waals surface area contributed by atoms with Gasteiger partial charge in [0.2, 0.25) is 0 Å². The summed E-state index contributed by atoms with van der Waals surface area (Å²) in [5, 5.41) is 0. The molecule has 0 radical (unpaired) electrons. The lowest BCUT2D eigenvalue weighted by atomic mass is 10.1. The van der Waals surface area contributed by atoms with Crippen LogP contribution in [-0.2, 0) is 4.79 Å². The summed E-state index contributed by atoms with van der Waals surface area (Å²) in [6, 6.07) is 10.1. The van der Waals surface area contributed by atoms with E-state index in [1.54, 1.807) is 19.1 Å². The third kappa shape index (κ3) is 5.11. The van der Waals surface area contributed by atoms with Gasteiger partial charge < -0.3 is 0 Å². The van der Waals surface area contributed by atoms with E-state index in [1.807, 2.05) is 43.4 Å². The number of hydrogen-bond acceptors (Lipinski definition) is 1. The number of benzene rings is 1. The molecule has 0 saturated heterocycles. The van der Waals surface area contributed by atoms with E-state index in [1.165, 1.54) is 5.56 Å². The molecule has 0 N–H and O–H groups in total. The predicted molar refractivity (Wildman–Crippen MR) is 69.1 cm³/mol. The van der Waals surface area contributed by atoms with Crippen LogP contribution >= 0.6 is 0 Å². The van der Waals surface area contributed by atoms with Gasteiger partial charge in [0.05, 0.1) is 0 Å². The zero-order valence-corrected chi connectivity index (χ0v) is 9.68. The van der Waals surface area contributed by atoms with Gasteiger partial charge in [0, 0.05) is 0 Å². The molecule has 82 valence electrons. The van der Waals surface area contributed by atoms with E-state index in [-0.39, 0.29) is 5.78 Å². The Kier molecular flexibility index (Phi) is 5.00. The minimum Gasteiger partial charge on any atom is -0.295 e. The van der Waals surface area contributed by atoms with Gasteiger partial charge in [-0.15, -0.1) is 0 Å². The quantitative estimate of drug-likeness (QED) is 0.548. The molecule has 0 atom stereocenters. The van der Waals surface area contributed by atoms with E-state index in [2.05, 4.69) is 12.1 Å². The Hall–Kier alpha value is -1.89. The van der Waals surface area contributed by atoms with Crippen LogP contribution in [0.4, 0.5) is 0 Å². The van der Waals surface area contributed by atoms with Crippen molar-refractivity contribution < 1.29 is 4.79 Å². The molecule has 0 aliphatic rings. The van der Waals surface area contributed by atoms with E-state index in [9.17, 15) is 4.79 Å². The van der Waals surface area contributed by atoms with E-state index in [0.717, 1.165) is 5.57 Å². The van der Waals surface area contributed by atoms with Gasteiger partial charge in [0.15, 0.2) is 5.78 Å². The maximum atomic E-state index is 10.7. The topological polar surface area (TPSA) is 17.1 Å². The Labute approximate surface area is 96.8 Å². The molecule has 0 heterocycles. The highest BCUT2D eigenvalue weighted by Gasteiger charge is 1.84. The summed E-state index contributed by atoms with van der Waals surface area (Å²) < 4.78 is 0. The first kappa shape index (κ1) is 12.2. The first-order valence-corrected chi connectivity index (χ1v) is 5.27. The number of rotatable bonds is 4. The molecular weight excluding hydrogens is 196 g/mol. The lowest BCUT2D eigenvalue weighted by molar-refractivity contribution is -0.112. The average Bonchev–Trinajstić information content (AvgIpc) is 2.27. The monoisotopic (exact) mass is 212 g/mol. The molecule has 0 saturated carbocycles. The van der Waals surface area contributed by atoms with Crippen LogP contribution in [0.1, 0.15) is 19.4 Å². The van der Waals surface area contributed by atoms with Crippen molar-refractivity contribution in [2.45, 2.75) is 13.8 Å². The first-order chi connectivity index (χ1) is 7.68. The SMILES string of the molecule is CC(=O)/C=C/C=C(C)/C=C/c1ccccc1. The molecule has 0 spiro atoms. The number of carbonyl (C=O) groups is 1. The molecule has 0 aliphatic heterocycles. The van der Waals surface area contributed by atoms with Crippen molar-refractivity contribution in [3.63, 3.8) is 0 Å². The lowest BCUT2D eigenvalue weighted by Crippen LogP contribution is -1.78.